The van der Waals surface area contributed by atoms with Crippen LogP contribution in [0.4, 0.5) is 0 Å². The molecule has 3 fully saturated rings. The van der Waals surface area contributed by atoms with Gasteiger partial charge in [0.15, 0.2) is 18.7 Å². The van der Waals surface area contributed by atoms with Crippen LogP contribution < -0.4 is 0 Å². The van der Waals surface area contributed by atoms with Gasteiger partial charge < -0.3 is 89.1 Å². The first-order chi connectivity index (χ1) is 45.8. The van der Waals surface area contributed by atoms with Gasteiger partial charge in [-0.15, -0.1) is 0 Å². The smallest absolute Gasteiger partial charge is 0.463 e. The summed E-state index contributed by atoms with van der Waals surface area (Å²) >= 11 is 0. The summed E-state index contributed by atoms with van der Waals surface area (Å²) in [6.07, 6.45) is 10.1. The molecule has 2 saturated heterocycles. The number of aliphatic hydroxyl groups excluding tert-OH is 10. The first-order valence-corrected chi connectivity index (χ1v) is 38.5. The molecule has 18 atom stereocenters. The third-order valence-electron chi connectivity index (χ3n) is 18.3. The summed E-state index contributed by atoms with van der Waals surface area (Å²) in [5.74, 6) is -2.00. The topological polar surface area (TPSA) is 374 Å². The highest BCUT2D eigenvalue weighted by atomic mass is 31.2. The van der Waals surface area contributed by atoms with Crippen molar-refractivity contribution in [1.29, 1.82) is 0 Å². The zero-order chi connectivity index (χ0) is 69.6. The highest BCUT2D eigenvalue weighted by Crippen LogP contribution is 2.49. The Kier molecular flexibility index (Phi) is 48.2. The Morgan fingerprint density at radius 1 is 0.400 bits per heavy atom. The highest BCUT2D eigenvalue weighted by molar-refractivity contribution is 7.47. The lowest BCUT2D eigenvalue weighted by Crippen LogP contribution is -2.69. The molecular formula is C70H129O24P. The van der Waals surface area contributed by atoms with Crippen LogP contribution >= 0.6 is 7.82 Å². The number of ether oxygens (including phenoxy) is 7. The molecule has 1 aliphatic carbocycles. The second kappa shape index (κ2) is 52.6. The van der Waals surface area contributed by atoms with E-state index in [4.69, 9.17) is 42.2 Å². The number of hydrogen-bond acceptors (Lipinski definition) is 23. The van der Waals surface area contributed by atoms with Crippen molar-refractivity contribution < 1.29 is 117 Å². The van der Waals surface area contributed by atoms with Crippen molar-refractivity contribution in [3.63, 3.8) is 0 Å². The lowest BCUT2D eigenvalue weighted by Gasteiger charge is -2.49. The average molecular weight is 1390 g/mol. The SMILES string of the molecule is CCCCCCCC/C=C\CCCCCC(=O)OCC1OC(OC2C(O)C(O)C(O)C(OC3OC(CO)C(O)C(O)C3O)C2OP(=O)(O)OCC(COC(=O)CCCCCCCCCCCCCCCC)OC(=O)CCCCCCCCCCCCCCC)C(O)C(O)C1O. The number of esters is 3. The van der Waals surface area contributed by atoms with Gasteiger partial charge >= 0.3 is 25.7 Å². The highest BCUT2D eigenvalue weighted by Gasteiger charge is 2.58. The van der Waals surface area contributed by atoms with Crippen LogP contribution in [0.5, 0.6) is 0 Å². The minimum atomic E-state index is -5.69. The zero-order valence-electron chi connectivity index (χ0n) is 58.0. The Hall–Kier alpha value is -2.30. The van der Waals surface area contributed by atoms with Gasteiger partial charge in [0.1, 0.15) is 98.7 Å². The number of hydrogen-bond donors (Lipinski definition) is 11. The van der Waals surface area contributed by atoms with Gasteiger partial charge in [-0.25, -0.2) is 4.57 Å². The van der Waals surface area contributed by atoms with E-state index >= 15 is 0 Å². The molecule has 0 spiro atoms. The van der Waals surface area contributed by atoms with Gasteiger partial charge in [0.05, 0.1) is 13.2 Å². The average Bonchev–Trinajstić information content (AvgIpc) is 0.764. The van der Waals surface area contributed by atoms with Crippen molar-refractivity contribution in [2.75, 3.05) is 26.4 Å². The van der Waals surface area contributed by atoms with Crippen LogP contribution in [0.15, 0.2) is 12.2 Å². The number of allylic oxidation sites excluding steroid dienone is 2. The fraction of sp³-hybridized carbons (Fsp3) is 0.929. The van der Waals surface area contributed by atoms with Crippen LogP contribution in [-0.2, 0) is 61.2 Å². The fourth-order valence-corrected chi connectivity index (χ4v) is 13.2. The summed E-state index contributed by atoms with van der Waals surface area (Å²) in [4.78, 5) is 50.9. The van der Waals surface area contributed by atoms with E-state index in [1.807, 2.05) is 0 Å². The fourth-order valence-electron chi connectivity index (χ4n) is 12.2. The molecule has 2 aliphatic heterocycles. The van der Waals surface area contributed by atoms with Crippen LogP contribution in [0.2, 0.25) is 0 Å². The summed E-state index contributed by atoms with van der Waals surface area (Å²) in [6.45, 7) is 3.42. The zero-order valence-corrected chi connectivity index (χ0v) is 58.9. The Balaban J connectivity index is 1.75. The number of phosphoric ester groups is 1. The number of phosphoric acid groups is 1. The molecule has 95 heavy (non-hydrogen) atoms. The molecule has 3 rings (SSSR count). The van der Waals surface area contributed by atoms with Crippen molar-refractivity contribution >= 4 is 25.7 Å². The molecule has 18 unspecified atom stereocenters. The number of aliphatic hydroxyl groups is 10. The van der Waals surface area contributed by atoms with E-state index in [1.54, 1.807) is 0 Å². The van der Waals surface area contributed by atoms with E-state index in [-0.39, 0.29) is 19.3 Å². The van der Waals surface area contributed by atoms with Crippen LogP contribution in [0.1, 0.15) is 284 Å². The number of unbranched alkanes of at least 4 members (excludes halogenated alkanes) is 34. The molecule has 0 aromatic heterocycles. The summed E-state index contributed by atoms with van der Waals surface area (Å²) in [5, 5.41) is 110. The summed E-state index contributed by atoms with van der Waals surface area (Å²) in [5.41, 5.74) is 0. The maximum atomic E-state index is 14.3. The van der Waals surface area contributed by atoms with E-state index in [1.165, 1.54) is 135 Å². The van der Waals surface area contributed by atoms with Crippen LogP contribution in [0.25, 0.3) is 0 Å². The summed E-state index contributed by atoms with van der Waals surface area (Å²) in [6, 6.07) is 0. The third kappa shape index (κ3) is 36.2. The van der Waals surface area contributed by atoms with Gasteiger partial charge in [-0.2, -0.15) is 0 Å². The molecule has 0 bridgehead atoms. The van der Waals surface area contributed by atoms with Crippen molar-refractivity contribution in [2.24, 2.45) is 0 Å². The second-order valence-electron chi connectivity index (χ2n) is 26.7. The lowest BCUT2D eigenvalue weighted by atomic mass is 9.84. The maximum Gasteiger partial charge on any atom is 0.472 e. The lowest BCUT2D eigenvalue weighted by molar-refractivity contribution is -0.360. The predicted octanol–water partition coefficient (Wildman–Crippen LogP) is 9.57. The van der Waals surface area contributed by atoms with Gasteiger partial charge in [-0.3, -0.25) is 23.4 Å². The van der Waals surface area contributed by atoms with E-state index in [0.29, 0.717) is 19.3 Å². The van der Waals surface area contributed by atoms with Crippen molar-refractivity contribution in [2.45, 2.75) is 388 Å². The van der Waals surface area contributed by atoms with Crippen LogP contribution in [0, 0.1) is 0 Å². The monoisotopic (exact) mass is 1380 g/mol. The van der Waals surface area contributed by atoms with Crippen LogP contribution in [-0.4, -0.2) is 204 Å². The minimum Gasteiger partial charge on any atom is -0.463 e. The van der Waals surface area contributed by atoms with Gasteiger partial charge in [0.25, 0.3) is 0 Å². The standard InChI is InChI=1S/C70H129O24P/c1-4-7-10-13-16-19-22-25-28-30-32-35-38-41-44-54(72)86-48-51(89-56(74)46-43-40-37-34-31-27-24-21-18-15-12-9-6-3)49-88-95(84,85)94-68-66(92-69-64(82)59(77)57(75)52(47-71)90-69)62(80)61(79)63(81)67(68)93-70-65(83)60(78)58(76)53(91-70)50-87-55(73)45-42-39-36-33-29-26-23-20-17-14-11-8-5-2/h26,29,51-53,57-71,75-83H,4-25,27-28,30-50H2,1-3H3,(H,84,85)/b29-26-. The third-order valence-corrected chi connectivity index (χ3v) is 19.3. The Labute approximate surface area is 567 Å². The molecule has 0 aromatic rings. The quantitative estimate of drug-likeness (QED) is 0.00887. The van der Waals surface area contributed by atoms with Crippen LogP contribution in [0.3, 0.4) is 0 Å². The van der Waals surface area contributed by atoms with Crippen molar-refractivity contribution in [3.05, 3.63) is 12.2 Å². The van der Waals surface area contributed by atoms with Gasteiger partial charge in [0.2, 0.25) is 0 Å². The van der Waals surface area contributed by atoms with E-state index in [0.717, 1.165) is 89.9 Å². The second-order valence-corrected chi connectivity index (χ2v) is 28.1. The normalized spacial score (nSPS) is 28.1. The largest absolute Gasteiger partial charge is 0.472 e. The van der Waals surface area contributed by atoms with Crippen molar-refractivity contribution in [3.8, 4) is 0 Å². The Bertz CT molecular complexity index is 2020. The Morgan fingerprint density at radius 2 is 0.737 bits per heavy atom. The van der Waals surface area contributed by atoms with Gasteiger partial charge in [-0.05, 0) is 44.9 Å². The molecule has 24 nitrogen and oxygen atoms in total. The number of carbonyl (C=O) groups is 3. The molecule has 1 saturated carbocycles. The molecule has 3 aliphatic rings. The Morgan fingerprint density at radius 3 is 1.15 bits per heavy atom. The first-order valence-electron chi connectivity index (χ1n) is 37.0. The van der Waals surface area contributed by atoms with E-state index in [9.17, 15) is 74.9 Å². The van der Waals surface area contributed by atoms with Gasteiger partial charge in [0, 0.05) is 19.3 Å². The molecule has 0 aromatic carbocycles. The molecule has 2 heterocycles. The first kappa shape index (κ1) is 86.9. The molecule has 0 radical (unpaired) electrons. The molecule has 11 N–H and O–H groups in total. The summed E-state index contributed by atoms with van der Waals surface area (Å²) in [7, 11) is -5.69. The number of rotatable bonds is 57. The van der Waals surface area contributed by atoms with Gasteiger partial charge in [-0.1, -0.05) is 232 Å². The molecule has 558 valence electrons. The van der Waals surface area contributed by atoms with E-state index in [2.05, 4.69) is 32.9 Å². The maximum absolute atomic E-state index is 14.3. The minimum absolute atomic E-state index is 0.00934. The van der Waals surface area contributed by atoms with E-state index < -0.39 is 156 Å². The molecular weight excluding hydrogens is 1260 g/mol. The van der Waals surface area contributed by atoms with Crippen molar-refractivity contribution in [1.82, 2.24) is 0 Å². The molecule has 25 heteroatoms. The molecule has 0 amide bonds. The summed E-state index contributed by atoms with van der Waals surface area (Å²) < 4.78 is 64.9. The number of carbonyl (C=O) groups excluding carboxylic acids is 3. The predicted molar refractivity (Wildman–Crippen MR) is 356 cm³/mol.